The molecule has 1 N–H and O–H groups in total. The molecule has 0 bridgehead atoms. The predicted octanol–water partition coefficient (Wildman–Crippen LogP) is 3.60. The van der Waals surface area contributed by atoms with Crippen LogP contribution in [0.5, 0.6) is 0 Å². The molecule has 1 aliphatic carbocycles. The number of rotatable bonds is 1. The van der Waals surface area contributed by atoms with Gasteiger partial charge in [-0.2, -0.15) is 0 Å². The summed E-state index contributed by atoms with van der Waals surface area (Å²) in [5.74, 6) is 0.550. The van der Waals surface area contributed by atoms with E-state index in [1.165, 1.54) is 12.0 Å². The summed E-state index contributed by atoms with van der Waals surface area (Å²) in [4.78, 5) is 8.36. The largest absolute Gasteiger partial charge is 0.483 e. The van der Waals surface area contributed by atoms with Crippen molar-refractivity contribution in [3.63, 3.8) is 0 Å². The molecule has 0 unspecified atom stereocenters. The van der Waals surface area contributed by atoms with E-state index in [0.29, 0.717) is 11.3 Å². The first-order chi connectivity index (χ1) is 8.42. The van der Waals surface area contributed by atoms with Gasteiger partial charge in [-0.05, 0) is 41.9 Å². The molecule has 1 saturated carbocycles. The van der Waals surface area contributed by atoms with Crippen LogP contribution < -0.4 is 0 Å². The Labute approximate surface area is 108 Å². The number of hydrogen-bond donors (Lipinski definition) is 1. The highest BCUT2D eigenvalue weighted by atomic mass is 19.1. The molecule has 3 heteroatoms. The fourth-order valence-corrected chi connectivity index (χ4v) is 1.92. The number of benzene rings is 1. The number of carbonyl (C=O) groups is 1. The van der Waals surface area contributed by atoms with Crippen LogP contribution in [0.2, 0.25) is 0 Å². The van der Waals surface area contributed by atoms with E-state index < -0.39 is 0 Å². The molecule has 2 rings (SSSR count). The van der Waals surface area contributed by atoms with Gasteiger partial charge >= 0.3 is 0 Å². The number of terminal acetylenes is 1. The Kier molecular flexibility index (Phi) is 6.12. The van der Waals surface area contributed by atoms with Gasteiger partial charge in [-0.1, -0.05) is 26.0 Å². The average Bonchev–Trinajstić information content (AvgIpc) is 2.96. The minimum atomic E-state index is -0.250. The van der Waals surface area contributed by atoms with E-state index in [-0.39, 0.29) is 12.3 Å². The number of halogens is 1. The Bertz CT molecular complexity index is 422. The minimum absolute atomic E-state index is 0.0952. The van der Waals surface area contributed by atoms with Crippen molar-refractivity contribution in [2.24, 2.45) is 5.41 Å². The van der Waals surface area contributed by atoms with E-state index in [0.717, 1.165) is 5.56 Å². The standard InChI is InChI=1S/C12H15F.C2H2.CH2O2/c1-8-6-9(4-5-11(8)13)10-7-12(10,2)3;1-2;2-1-3/h4-6,10H,7H2,1-3H3;1-2H;1H,(H,2,3)/t10-;;/m0../s1. The third-order valence-electron chi connectivity index (χ3n) is 3.10. The maximum absolute atomic E-state index is 13.0. The Hall–Kier alpha value is -1.82. The summed E-state index contributed by atoms with van der Waals surface area (Å²) in [5.41, 5.74) is 2.49. The van der Waals surface area contributed by atoms with Crippen molar-refractivity contribution >= 4 is 6.47 Å². The van der Waals surface area contributed by atoms with E-state index >= 15 is 0 Å². The molecule has 1 atom stereocenters. The summed E-state index contributed by atoms with van der Waals surface area (Å²) in [5, 5.41) is 6.89. The van der Waals surface area contributed by atoms with Gasteiger partial charge in [0, 0.05) is 0 Å². The second-order valence-corrected chi connectivity index (χ2v) is 4.86. The average molecular weight is 250 g/mol. The first-order valence-electron chi connectivity index (χ1n) is 5.59. The highest BCUT2D eigenvalue weighted by Gasteiger charge is 2.46. The summed E-state index contributed by atoms with van der Waals surface area (Å²) in [7, 11) is 0. The summed E-state index contributed by atoms with van der Waals surface area (Å²) < 4.78 is 13.0. The fraction of sp³-hybridized carbons (Fsp3) is 0.400. The Balaban J connectivity index is 0.000000509. The van der Waals surface area contributed by atoms with Crippen molar-refractivity contribution in [3.05, 3.63) is 35.1 Å². The van der Waals surface area contributed by atoms with Crippen LogP contribution in [0.1, 0.15) is 37.3 Å². The van der Waals surface area contributed by atoms with Crippen molar-refractivity contribution in [3.8, 4) is 12.8 Å². The van der Waals surface area contributed by atoms with Gasteiger partial charge in [0.2, 0.25) is 0 Å². The molecule has 0 aromatic heterocycles. The lowest BCUT2D eigenvalue weighted by Crippen LogP contribution is -1.91. The lowest BCUT2D eigenvalue weighted by Gasteiger charge is -2.05. The van der Waals surface area contributed by atoms with Gasteiger partial charge in [-0.3, -0.25) is 4.79 Å². The highest BCUT2D eigenvalue weighted by Crippen LogP contribution is 2.58. The van der Waals surface area contributed by atoms with Crippen molar-refractivity contribution in [2.75, 3.05) is 0 Å². The third kappa shape index (κ3) is 4.21. The Morgan fingerprint density at radius 2 is 1.89 bits per heavy atom. The van der Waals surface area contributed by atoms with E-state index in [4.69, 9.17) is 9.90 Å². The van der Waals surface area contributed by atoms with Gasteiger partial charge in [0.15, 0.2) is 0 Å². The third-order valence-corrected chi connectivity index (χ3v) is 3.10. The molecule has 2 nitrogen and oxygen atoms in total. The molecule has 1 fully saturated rings. The monoisotopic (exact) mass is 250 g/mol. The smallest absolute Gasteiger partial charge is 0.290 e. The van der Waals surface area contributed by atoms with Crippen LogP contribution in [0.15, 0.2) is 18.2 Å². The molecule has 0 saturated heterocycles. The second-order valence-electron chi connectivity index (χ2n) is 4.86. The SMILES string of the molecule is C#C.Cc1cc([C@@H]2CC2(C)C)ccc1F.O=CO. The van der Waals surface area contributed by atoms with E-state index in [1.807, 2.05) is 19.1 Å². The quantitative estimate of drug-likeness (QED) is 0.611. The van der Waals surface area contributed by atoms with Gasteiger partial charge in [0.05, 0.1) is 0 Å². The zero-order chi connectivity index (χ0) is 14.3. The molecule has 18 heavy (non-hydrogen) atoms. The van der Waals surface area contributed by atoms with Gasteiger partial charge in [-0.15, -0.1) is 12.8 Å². The Morgan fingerprint density at radius 3 is 2.22 bits per heavy atom. The molecule has 0 aliphatic heterocycles. The predicted molar refractivity (Wildman–Crippen MR) is 70.9 cm³/mol. The summed E-state index contributed by atoms with van der Waals surface area (Å²) in [6, 6.07) is 5.48. The first-order valence-corrected chi connectivity index (χ1v) is 5.59. The van der Waals surface area contributed by atoms with Crippen LogP contribution in [0.4, 0.5) is 4.39 Å². The zero-order valence-corrected chi connectivity index (χ0v) is 11.0. The van der Waals surface area contributed by atoms with Crippen molar-refractivity contribution in [2.45, 2.75) is 33.1 Å². The molecule has 1 aliphatic rings. The van der Waals surface area contributed by atoms with Gasteiger partial charge in [0.1, 0.15) is 5.82 Å². The number of hydrogen-bond acceptors (Lipinski definition) is 1. The van der Waals surface area contributed by atoms with Crippen LogP contribution >= 0.6 is 0 Å². The van der Waals surface area contributed by atoms with Crippen molar-refractivity contribution in [1.82, 2.24) is 0 Å². The first kappa shape index (κ1) is 16.2. The van der Waals surface area contributed by atoms with Crippen LogP contribution in [0, 0.1) is 31.0 Å². The summed E-state index contributed by atoms with van der Waals surface area (Å²) >= 11 is 0. The molecule has 98 valence electrons. The molecule has 1 aromatic rings. The van der Waals surface area contributed by atoms with Crippen molar-refractivity contribution < 1.29 is 14.3 Å². The van der Waals surface area contributed by atoms with Gasteiger partial charge in [-0.25, -0.2) is 4.39 Å². The molecular formula is C15H19FO2. The van der Waals surface area contributed by atoms with E-state index in [1.54, 1.807) is 6.07 Å². The van der Waals surface area contributed by atoms with Crippen LogP contribution in [0.25, 0.3) is 0 Å². The Morgan fingerprint density at radius 1 is 1.44 bits per heavy atom. The maximum Gasteiger partial charge on any atom is 0.290 e. The minimum Gasteiger partial charge on any atom is -0.483 e. The summed E-state index contributed by atoms with van der Waals surface area (Å²) in [6.45, 7) is 6.10. The van der Waals surface area contributed by atoms with Gasteiger partial charge < -0.3 is 5.11 Å². The zero-order valence-electron chi connectivity index (χ0n) is 11.0. The topological polar surface area (TPSA) is 37.3 Å². The lowest BCUT2D eigenvalue weighted by atomic mass is 10.0. The lowest BCUT2D eigenvalue weighted by molar-refractivity contribution is -0.122. The number of carboxylic acid groups (broad SMARTS) is 1. The molecular weight excluding hydrogens is 231 g/mol. The highest BCUT2D eigenvalue weighted by molar-refractivity contribution is 5.33. The van der Waals surface area contributed by atoms with Crippen LogP contribution in [0.3, 0.4) is 0 Å². The van der Waals surface area contributed by atoms with Crippen molar-refractivity contribution in [1.29, 1.82) is 0 Å². The van der Waals surface area contributed by atoms with E-state index in [9.17, 15) is 4.39 Å². The summed E-state index contributed by atoms with van der Waals surface area (Å²) in [6.07, 6.45) is 9.23. The molecule has 0 spiro atoms. The van der Waals surface area contributed by atoms with Gasteiger partial charge in [0.25, 0.3) is 6.47 Å². The van der Waals surface area contributed by atoms with Crippen LogP contribution in [-0.4, -0.2) is 11.6 Å². The maximum atomic E-state index is 13.0. The molecule has 0 radical (unpaired) electrons. The molecule has 1 aromatic carbocycles. The fourth-order valence-electron chi connectivity index (χ4n) is 1.92. The van der Waals surface area contributed by atoms with E-state index in [2.05, 4.69) is 26.7 Å². The molecule has 0 amide bonds. The number of aryl methyl sites for hydroxylation is 1. The molecule has 0 heterocycles. The normalized spacial score (nSPS) is 18.4. The van der Waals surface area contributed by atoms with Crippen LogP contribution in [-0.2, 0) is 4.79 Å². The second kappa shape index (κ2) is 6.80.